The molecule has 1 aromatic rings. The average molecular weight is 258 g/mol. The highest BCUT2D eigenvalue weighted by molar-refractivity contribution is 5.67. The Morgan fingerprint density at radius 3 is 2.42 bits per heavy atom. The molecule has 3 rings (SSSR count). The van der Waals surface area contributed by atoms with Crippen LogP contribution in [-0.4, -0.2) is 35.2 Å². The number of carboxylic acid groups (broad SMARTS) is 1. The fourth-order valence-corrected chi connectivity index (χ4v) is 2.96. The standard InChI is InChI=1S/C15H18N2O2/c18-15(19)17-9-12-6-14(7-13(12)10-17)16-8-11-4-2-1-3-5-11/h1-5,14,16H,6-10H2,(H,18,19). The fraction of sp³-hybridized carbons (Fsp3) is 0.400. The topological polar surface area (TPSA) is 52.6 Å². The zero-order chi connectivity index (χ0) is 13.2. The lowest BCUT2D eigenvalue weighted by atomic mass is 10.1. The molecule has 0 radical (unpaired) electrons. The van der Waals surface area contributed by atoms with Gasteiger partial charge in [0.05, 0.1) is 0 Å². The Bertz CT molecular complexity index is 492. The average Bonchev–Trinajstić information content (AvgIpc) is 2.95. The minimum absolute atomic E-state index is 0.473. The quantitative estimate of drug-likeness (QED) is 0.817. The molecular weight excluding hydrogens is 240 g/mol. The van der Waals surface area contributed by atoms with Gasteiger partial charge in [0.15, 0.2) is 0 Å². The van der Waals surface area contributed by atoms with E-state index in [4.69, 9.17) is 5.11 Å². The molecule has 1 heterocycles. The van der Waals surface area contributed by atoms with Crippen LogP contribution in [0.1, 0.15) is 18.4 Å². The molecule has 0 bridgehead atoms. The summed E-state index contributed by atoms with van der Waals surface area (Å²) in [6.07, 6.45) is 1.18. The highest BCUT2D eigenvalue weighted by Crippen LogP contribution is 2.32. The number of carbonyl (C=O) groups is 1. The Labute approximate surface area is 112 Å². The minimum atomic E-state index is -0.803. The van der Waals surface area contributed by atoms with Crippen molar-refractivity contribution < 1.29 is 9.90 Å². The van der Waals surface area contributed by atoms with Crippen LogP contribution in [0.25, 0.3) is 0 Å². The molecule has 2 aliphatic rings. The molecule has 0 atom stereocenters. The number of likely N-dealkylation sites (tertiary alicyclic amines) is 1. The van der Waals surface area contributed by atoms with Crippen molar-refractivity contribution in [2.75, 3.05) is 13.1 Å². The van der Waals surface area contributed by atoms with Gasteiger partial charge in [-0.1, -0.05) is 30.3 Å². The van der Waals surface area contributed by atoms with Crippen molar-refractivity contribution in [3.05, 3.63) is 47.0 Å². The van der Waals surface area contributed by atoms with Crippen molar-refractivity contribution in [2.45, 2.75) is 25.4 Å². The zero-order valence-electron chi connectivity index (χ0n) is 10.8. The summed E-state index contributed by atoms with van der Waals surface area (Å²) >= 11 is 0. The maximum Gasteiger partial charge on any atom is 0.407 e. The van der Waals surface area contributed by atoms with Gasteiger partial charge in [0.2, 0.25) is 0 Å². The van der Waals surface area contributed by atoms with Crippen molar-refractivity contribution >= 4 is 6.09 Å². The van der Waals surface area contributed by atoms with Gasteiger partial charge in [0.1, 0.15) is 0 Å². The van der Waals surface area contributed by atoms with Crippen LogP contribution in [0, 0.1) is 0 Å². The Hall–Kier alpha value is -1.81. The Morgan fingerprint density at radius 2 is 1.84 bits per heavy atom. The monoisotopic (exact) mass is 258 g/mol. The number of amides is 1. The first-order valence-electron chi connectivity index (χ1n) is 6.67. The predicted octanol–water partition coefficient (Wildman–Crippen LogP) is 2.23. The SMILES string of the molecule is O=C(O)N1CC2=C(CC(NCc3ccccc3)C2)C1. The highest BCUT2D eigenvalue weighted by Gasteiger charge is 2.32. The number of benzene rings is 1. The Balaban J connectivity index is 1.49. The van der Waals surface area contributed by atoms with Crippen LogP contribution in [0.2, 0.25) is 0 Å². The summed E-state index contributed by atoms with van der Waals surface area (Å²) < 4.78 is 0. The van der Waals surface area contributed by atoms with Gasteiger partial charge < -0.3 is 15.3 Å². The van der Waals surface area contributed by atoms with E-state index in [0.717, 1.165) is 19.4 Å². The van der Waals surface area contributed by atoms with Gasteiger partial charge in [-0.2, -0.15) is 0 Å². The predicted molar refractivity (Wildman–Crippen MR) is 72.9 cm³/mol. The maximum atomic E-state index is 10.9. The smallest absolute Gasteiger partial charge is 0.407 e. The lowest BCUT2D eigenvalue weighted by Gasteiger charge is -2.18. The van der Waals surface area contributed by atoms with Gasteiger partial charge in [-0.05, 0) is 29.6 Å². The lowest BCUT2D eigenvalue weighted by Crippen LogP contribution is -2.32. The number of hydrogen-bond donors (Lipinski definition) is 2. The third kappa shape index (κ3) is 2.63. The van der Waals surface area contributed by atoms with E-state index in [9.17, 15) is 4.79 Å². The molecule has 100 valence electrons. The van der Waals surface area contributed by atoms with E-state index in [1.807, 2.05) is 6.07 Å². The maximum absolute atomic E-state index is 10.9. The molecule has 4 heteroatoms. The van der Waals surface area contributed by atoms with E-state index in [1.165, 1.54) is 21.6 Å². The number of nitrogens with one attached hydrogen (secondary N) is 1. The van der Waals surface area contributed by atoms with Gasteiger partial charge in [-0.25, -0.2) is 4.79 Å². The fourth-order valence-electron chi connectivity index (χ4n) is 2.96. The van der Waals surface area contributed by atoms with Crippen molar-refractivity contribution in [1.29, 1.82) is 0 Å². The van der Waals surface area contributed by atoms with Crippen molar-refractivity contribution in [1.82, 2.24) is 10.2 Å². The molecule has 0 saturated heterocycles. The molecule has 0 spiro atoms. The van der Waals surface area contributed by atoms with Crippen LogP contribution >= 0.6 is 0 Å². The number of hydrogen-bond acceptors (Lipinski definition) is 2. The minimum Gasteiger partial charge on any atom is -0.465 e. The number of nitrogens with zero attached hydrogens (tertiary/aromatic N) is 1. The van der Waals surface area contributed by atoms with E-state index in [0.29, 0.717) is 19.1 Å². The second kappa shape index (κ2) is 5.05. The molecule has 2 N–H and O–H groups in total. The van der Waals surface area contributed by atoms with Gasteiger partial charge in [0, 0.05) is 25.7 Å². The molecule has 0 unspecified atom stereocenters. The second-order valence-electron chi connectivity index (χ2n) is 5.32. The summed E-state index contributed by atoms with van der Waals surface area (Å²) in [5.41, 5.74) is 3.95. The van der Waals surface area contributed by atoms with Gasteiger partial charge >= 0.3 is 6.09 Å². The van der Waals surface area contributed by atoms with E-state index in [2.05, 4.69) is 29.6 Å². The van der Waals surface area contributed by atoms with Crippen LogP contribution in [0.3, 0.4) is 0 Å². The summed E-state index contributed by atoms with van der Waals surface area (Å²) in [7, 11) is 0. The van der Waals surface area contributed by atoms with Gasteiger partial charge in [0.25, 0.3) is 0 Å². The summed E-state index contributed by atoms with van der Waals surface area (Å²) in [5.74, 6) is 0. The van der Waals surface area contributed by atoms with Crippen LogP contribution in [0.4, 0.5) is 4.79 Å². The number of rotatable bonds is 3. The molecule has 1 aliphatic carbocycles. The molecule has 4 nitrogen and oxygen atoms in total. The third-order valence-corrected chi connectivity index (χ3v) is 3.96. The van der Waals surface area contributed by atoms with Gasteiger partial charge in [-0.3, -0.25) is 0 Å². The first kappa shape index (κ1) is 12.2. The summed E-state index contributed by atoms with van der Waals surface area (Å²) in [6, 6.07) is 10.8. The lowest BCUT2D eigenvalue weighted by molar-refractivity contribution is 0.155. The molecule has 0 fully saturated rings. The van der Waals surface area contributed by atoms with Crippen molar-refractivity contribution in [3.8, 4) is 0 Å². The first-order valence-corrected chi connectivity index (χ1v) is 6.67. The van der Waals surface area contributed by atoms with Crippen molar-refractivity contribution in [2.24, 2.45) is 0 Å². The third-order valence-electron chi connectivity index (χ3n) is 3.96. The molecule has 1 aromatic carbocycles. The van der Waals surface area contributed by atoms with Crippen LogP contribution in [-0.2, 0) is 6.54 Å². The van der Waals surface area contributed by atoms with E-state index < -0.39 is 6.09 Å². The first-order chi connectivity index (χ1) is 9.22. The molecular formula is C15H18N2O2. The highest BCUT2D eigenvalue weighted by atomic mass is 16.4. The van der Waals surface area contributed by atoms with E-state index in [-0.39, 0.29) is 0 Å². The van der Waals surface area contributed by atoms with E-state index in [1.54, 1.807) is 0 Å². The van der Waals surface area contributed by atoms with Crippen LogP contribution in [0.15, 0.2) is 41.5 Å². The normalized spacial score (nSPS) is 19.1. The molecule has 19 heavy (non-hydrogen) atoms. The largest absolute Gasteiger partial charge is 0.465 e. The van der Waals surface area contributed by atoms with Gasteiger partial charge in [-0.15, -0.1) is 0 Å². The van der Waals surface area contributed by atoms with E-state index >= 15 is 0 Å². The molecule has 0 aromatic heterocycles. The van der Waals surface area contributed by atoms with Crippen molar-refractivity contribution in [3.63, 3.8) is 0 Å². The molecule has 1 aliphatic heterocycles. The Morgan fingerprint density at radius 1 is 1.21 bits per heavy atom. The Kier molecular flexibility index (Phi) is 3.25. The zero-order valence-corrected chi connectivity index (χ0v) is 10.8. The molecule has 0 saturated carbocycles. The van der Waals surface area contributed by atoms with Crippen LogP contribution in [0.5, 0.6) is 0 Å². The molecule has 1 amide bonds. The summed E-state index contributed by atoms with van der Waals surface area (Å²) in [5, 5.41) is 12.5. The summed E-state index contributed by atoms with van der Waals surface area (Å²) in [4.78, 5) is 12.4. The second-order valence-corrected chi connectivity index (χ2v) is 5.32. The summed E-state index contributed by atoms with van der Waals surface area (Å²) in [6.45, 7) is 2.09. The van der Waals surface area contributed by atoms with Crippen LogP contribution < -0.4 is 5.32 Å².